The summed E-state index contributed by atoms with van der Waals surface area (Å²) < 4.78 is 29.8. The van der Waals surface area contributed by atoms with Crippen molar-refractivity contribution in [3.05, 3.63) is 11.9 Å². The zero-order valence-corrected chi connectivity index (χ0v) is 10.5. The van der Waals surface area contributed by atoms with Crippen molar-refractivity contribution in [2.45, 2.75) is 11.1 Å². The average Bonchev–Trinajstić information content (AvgIpc) is 2.75. The van der Waals surface area contributed by atoms with Crippen LogP contribution in [-0.2, 0) is 10.0 Å². The molecule has 16 heavy (non-hydrogen) atoms. The van der Waals surface area contributed by atoms with E-state index in [0.29, 0.717) is 10.7 Å². The number of aromatic nitrogens is 3. The molecule has 3 N–H and O–H groups in total. The van der Waals surface area contributed by atoms with Crippen LogP contribution in [0.1, 0.15) is 5.69 Å². The van der Waals surface area contributed by atoms with Crippen molar-refractivity contribution >= 4 is 43.0 Å². The Labute approximate surface area is 99.6 Å². The lowest BCUT2D eigenvalue weighted by Gasteiger charge is -2.01. The van der Waals surface area contributed by atoms with E-state index in [-0.39, 0.29) is 9.34 Å². The van der Waals surface area contributed by atoms with Crippen LogP contribution in [0.4, 0.5) is 10.1 Å². The molecule has 0 aliphatic carbocycles. The van der Waals surface area contributed by atoms with Crippen LogP contribution in [0.15, 0.2) is 10.4 Å². The molecule has 2 aromatic heterocycles. The molecule has 0 amide bonds. The smallest absolute Gasteiger partial charge is 0.274 e. The molecular formula is C6H7N5O2S3. The maximum absolute atomic E-state index is 11.9. The Balaban J connectivity index is 2.36. The molecule has 86 valence electrons. The van der Waals surface area contributed by atoms with Crippen molar-refractivity contribution < 1.29 is 8.42 Å². The van der Waals surface area contributed by atoms with E-state index in [4.69, 9.17) is 5.73 Å². The molecule has 0 atom stereocenters. The SMILES string of the molecule is Cc1nc(N)sc1S(=O)(=O)Nc1cnns1. The van der Waals surface area contributed by atoms with Crippen molar-refractivity contribution in [3.8, 4) is 0 Å². The van der Waals surface area contributed by atoms with Crippen LogP contribution in [0, 0.1) is 6.92 Å². The molecule has 2 rings (SSSR count). The van der Waals surface area contributed by atoms with Crippen molar-refractivity contribution in [2.24, 2.45) is 0 Å². The molecule has 2 heterocycles. The molecule has 7 nitrogen and oxygen atoms in total. The van der Waals surface area contributed by atoms with Crippen LogP contribution in [0.5, 0.6) is 0 Å². The number of nitrogens with zero attached hydrogens (tertiary/aromatic N) is 3. The number of thiazole rings is 1. The first-order valence-corrected chi connectivity index (χ1v) is 7.09. The van der Waals surface area contributed by atoms with E-state index < -0.39 is 10.0 Å². The lowest BCUT2D eigenvalue weighted by atomic mass is 10.6. The highest BCUT2D eigenvalue weighted by Crippen LogP contribution is 2.27. The Bertz CT molecular complexity index is 588. The van der Waals surface area contributed by atoms with E-state index >= 15 is 0 Å². The van der Waals surface area contributed by atoms with Crippen LogP contribution in [0.25, 0.3) is 0 Å². The number of nitrogens with two attached hydrogens (primary N) is 1. The van der Waals surface area contributed by atoms with E-state index in [1.54, 1.807) is 6.92 Å². The highest BCUT2D eigenvalue weighted by molar-refractivity contribution is 7.95. The van der Waals surface area contributed by atoms with Crippen LogP contribution in [0.2, 0.25) is 0 Å². The van der Waals surface area contributed by atoms with Gasteiger partial charge < -0.3 is 5.73 Å². The average molecular weight is 277 g/mol. The van der Waals surface area contributed by atoms with Gasteiger partial charge in [0.25, 0.3) is 10.0 Å². The third-order valence-electron chi connectivity index (χ3n) is 1.61. The summed E-state index contributed by atoms with van der Waals surface area (Å²) in [6, 6.07) is 0. The Morgan fingerprint density at radius 1 is 1.50 bits per heavy atom. The number of hydrogen-bond acceptors (Lipinski definition) is 8. The number of rotatable bonds is 3. The second-order valence-electron chi connectivity index (χ2n) is 2.81. The summed E-state index contributed by atoms with van der Waals surface area (Å²) in [4.78, 5) is 3.86. The van der Waals surface area contributed by atoms with Gasteiger partial charge in [-0.15, -0.1) is 5.10 Å². The van der Waals surface area contributed by atoms with Crippen LogP contribution < -0.4 is 10.5 Å². The highest BCUT2D eigenvalue weighted by Gasteiger charge is 2.21. The molecule has 0 spiro atoms. The fourth-order valence-corrected chi connectivity index (χ4v) is 4.03. The predicted molar refractivity (Wildman–Crippen MR) is 62.0 cm³/mol. The Morgan fingerprint density at radius 2 is 2.25 bits per heavy atom. The molecule has 0 aromatic carbocycles. The summed E-state index contributed by atoms with van der Waals surface area (Å²) in [5.74, 6) is 0. The van der Waals surface area contributed by atoms with Gasteiger partial charge in [0.2, 0.25) is 0 Å². The minimum absolute atomic E-state index is 0.110. The molecular weight excluding hydrogens is 270 g/mol. The predicted octanol–water partition coefficient (Wildman–Crippen LogP) is 0.686. The topological polar surface area (TPSA) is 111 Å². The highest BCUT2D eigenvalue weighted by atomic mass is 32.2. The fraction of sp³-hybridized carbons (Fsp3) is 0.167. The number of hydrogen-bond donors (Lipinski definition) is 2. The van der Waals surface area contributed by atoms with Gasteiger partial charge in [-0.25, -0.2) is 13.4 Å². The summed E-state index contributed by atoms with van der Waals surface area (Å²) in [7, 11) is -3.64. The second-order valence-corrected chi connectivity index (χ2v) is 6.51. The van der Waals surface area contributed by atoms with Crippen LogP contribution in [0.3, 0.4) is 0 Å². The largest absolute Gasteiger partial charge is 0.375 e. The van der Waals surface area contributed by atoms with E-state index in [1.807, 2.05) is 0 Å². The maximum atomic E-state index is 11.9. The summed E-state index contributed by atoms with van der Waals surface area (Å²) in [6.07, 6.45) is 1.34. The van der Waals surface area contributed by atoms with E-state index in [0.717, 1.165) is 22.9 Å². The van der Waals surface area contributed by atoms with Gasteiger partial charge in [0, 0.05) is 11.5 Å². The van der Waals surface area contributed by atoms with E-state index in [2.05, 4.69) is 19.3 Å². The first-order valence-electron chi connectivity index (χ1n) is 4.02. The molecule has 2 aromatic rings. The fourth-order valence-electron chi connectivity index (χ4n) is 1.04. The first kappa shape index (κ1) is 11.2. The summed E-state index contributed by atoms with van der Waals surface area (Å²) in [6.45, 7) is 1.59. The van der Waals surface area contributed by atoms with Gasteiger partial charge in [0.05, 0.1) is 11.9 Å². The van der Waals surface area contributed by atoms with Gasteiger partial charge >= 0.3 is 0 Å². The molecule has 10 heteroatoms. The number of nitrogens with one attached hydrogen (secondary N) is 1. The Morgan fingerprint density at radius 3 is 2.75 bits per heavy atom. The minimum Gasteiger partial charge on any atom is -0.375 e. The lowest BCUT2D eigenvalue weighted by molar-refractivity contribution is 0.602. The molecule has 0 fully saturated rings. The zero-order chi connectivity index (χ0) is 11.8. The molecule has 0 aliphatic rings. The Hall–Kier alpha value is -1.26. The molecule has 0 unspecified atom stereocenters. The molecule has 0 aliphatic heterocycles. The van der Waals surface area contributed by atoms with Crippen LogP contribution in [-0.4, -0.2) is 23.0 Å². The number of anilines is 2. The minimum atomic E-state index is -3.64. The molecule has 0 saturated heterocycles. The number of sulfonamides is 1. The number of nitrogen functional groups attached to an aromatic ring is 1. The van der Waals surface area contributed by atoms with Gasteiger partial charge in [0.1, 0.15) is 5.00 Å². The summed E-state index contributed by atoms with van der Waals surface area (Å²) >= 11 is 1.88. The van der Waals surface area contributed by atoms with Gasteiger partial charge in [-0.2, -0.15) is 0 Å². The number of aryl methyl sites for hydroxylation is 1. The third kappa shape index (κ3) is 2.13. The monoisotopic (exact) mass is 277 g/mol. The molecule has 0 saturated carbocycles. The van der Waals surface area contributed by atoms with Gasteiger partial charge in [0.15, 0.2) is 9.34 Å². The van der Waals surface area contributed by atoms with Gasteiger partial charge in [-0.05, 0) is 6.92 Å². The molecule has 0 bridgehead atoms. The third-order valence-corrected chi connectivity index (χ3v) is 5.28. The van der Waals surface area contributed by atoms with Crippen molar-refractivity contribution in [1.29, 1.82) is 0 Å². The molecule has 0 radical (unpaired) electrons. The van der Waals surface area contributed by atoms with Crippen molar-refractivity contribution in [2.75, 3.05) is 10.5 Å². The van der Waals surface area contributed by atoms with Crippen LogP contribution >= 0.6 is 22.9 Å². The maximum Gasteiger partial charge on any atom is 0.274 e. The lowest BCUT2D eigenvalue weighted by Crippen LogP contribution is -2.11. The second kappa shape index (κ2) is 3.96. The van der Waals surface area contributed by atoms with Crippen molar-refractivity contribution in [1.82, 2.24) is 14.6 Å². The Kier molecular flexibility index (Phi) is 2.78. The van der Waals surface area contributed by atoms with Crippen molar-refractivity contribution in [3.63, 3.8) is 0 Å². The summed E-state index contributed by atoms with van der Waals surface area (Å²) in [5.41, 5.74) is 5.82. The summed E-state index contributed by atoms with van der Waals surface area (Å²) in [5, 5.41) is 4.11. The van der Waals surface area contributed by atoms with Gasteiger partial charge in [-0.1, -0.05) is 15.8 Å². The normalized spacial score (nSPS) is 11.6. The quantitative estimate of drug-likeness (QED) is 0.853. The first-order chi connectivity index (χ1) is 7.49. The standard InChI is InChI=1S/C6H7N5O2S3/c1-3-5(14-6(7)9-3)16(12,13)10-4-2-8-11-15-4/h2,10H,1H3,(H2,7,9). The van der Waals surface area contributed by atoms with Gasteiger partial charge in [-0.3, -0.25) is 4.72 Å². The zero-order valence-electron chi connectivity index (χ0n) is 8.04. The van der Waals surface area contributed by atoms with E-state index in [9.17, 15) is 8.42 Å². The van der Waals surface area contributed by atoms with E-state index in [1.165, 1.54) is 6.20 Å².